The van der Waals surface area contributed by atoms with Crippen molar-refractivity contribution in [2.75, 3.05) is 27.2 Å². The Morgan fingerprint density at radius 3 is 1.35 bits per heavy atom. The summed E-state index contributed by atoms with van der Waals surface area (Å²) in [5.41, 5.74) is 12.0. The fourth-order valence-electron chi connectivity index (χ4n) is 2.03. The average molecular weight is 284 g/mol. The Morgan fingerprint density at radius 2 is 1.15 bits per heavy atom. The molecule has 6 nitrogen and oxygen atoms in total. The Labute approximate surface area is 123 Å². The molecule has 2 unspecified atom stereocenters. The highest BCUT2D eigenvalue weighted by molar-refractivity contribution is 5.79. The number of hydrogen-bond donors (Lipinski definition) is 2. The Bertz CT molecular complexity index is 294. The number of aliphatic imine (C=N–C) groups is 2. The van der Waals surface area contributed by atoms with Crippen LogP contribution in [0.5, 0.6) is 0 Å². The van der Waals surface area contributed by atoms with Gasteiger partial charge in [-0.2, -0.15) is 0 Å². The normalized spacial score (nSPS) is 15.9. The van der Waals surface area contributed by atoms with Crippen LogP contribution < -0.4 is 11.5 Å². The second-order valence-electron chi connectivity index (χ2n) is 5.06. The summed E-state index contributed by atoms with van der Waals surface area (Å²) in [5.74, 6) is 1.16. The second-order valence-corrected chi connectivity index (χ2v) is 5.06. The minimum absolute atomic E-state index is 0.359. The standard InChI is InChI=1S/C14H32N6/c1-7-11(3)19(13(15)17-5)9-10-20(12(4)8-2)14(16)18-6/h11-12H,7-10H2,1-6H3,(H2,15,17)(H2,16,18). The van der Waals surface area contributed by atoms with Crippen molar-refractivity contribution in [3.05, 3.63) is 0 Å². The van der Waals surface area contributed by atoms with Gasteiger partial charge in [-0.05, 0) is 26.7 Å². The Hall–Kier alpha value is -1.46. The first kappa shape index (κ1) is 18.5. The molecular weight excluding hydrogens is 252 g/mol. The lowest BCUT2D eigenvalue weighted by molar-refractivity contribution is 0.251. The van der Waals surface area contributed by atoms with E-state index in [1.807, 2.05) is 0 Å². The summed E-state index contributed by atoms with van der Waals surface area (Å²) in [5, 5.41) is 0. The average Bonchev–Trinajstić information content (AvgIpc) is 2.48. The van der Waals surface area contributed by atoms with E-state index >= 15 is 0 Å². The van der Waals surface area contributed by atoms with E-state index in [2.05, 4.69) is 47.5 Å². The molecule has 6 heteroatoms. The van der Waals surface area contributed by atoms with Crippen LogP contribution in [-0.2, 0) is 0 Å². The first-order valence-corrected chi connectivity index (χ1v) is 7.40. The van der Waals surface area contributed by atoms with Crippen LogP contribution in [0.1, 0.15) is 40.5 Å². The van der Waals surface area contributed by atoms with Crippen LogP contribution >= 0.6 is 0 Å². The van der Waals surface area contributed by atoms with Crippen molar-refractivity contribution in [1.82, 2.24) is 9.80 Å². The Morgan fingerprint density at radius 1 is 0.850 bits per heavy atom. The van der Waals surface area contributed by atoms with Crippen molar-refractivity contribution in [1.29, 1.82) is 0 Å². The maximum absolute atomic E-state index is 5.99. The van der Waals surface area contributed by atoms with Gasteiger partial charge in [0.1, 0.15) is 0 Å². The van der Waals surface area contributed by atoms with E-state index in [9.17, 15) is 0 Å². The van der Waals surface area contributed by atoms with Gasteiger partial charge in [0.25, 0.3) is 0 Å². The third-order valence-electron chi connectivity index (χ3n) is 3.87. The monoisotopic (exact) mass is 284 g/mol. The van der Waals surface area contributed by atoms with Crippen LogP contribution in [0.25, 0.3) is 0 Å². The molecule has 0 bridgehead atoms. The number of nitrogens with zero attached hydrogens (tertiary/aromatic N) is 4. The molecule has 0 amide bonds. The lowest BCUT2D eigenvalue weighted by Crippen LogP contribution is -2.51. The van der Waals surface area contributed by atoms with Crippen LogP contribution in [0.4, 0.5) is 0 Å². The number of hydrogen-bond acceptors (Lipinski definition) is 2. The largest absolute Gasteiger partial charge is 0.370 e. The highest BCUT2D eigenvalue weighted by atomic mass is 15.3. The summed E-state index contributed by atoms with van der Waals surface area (Å²) in [6.45, 7) is 10.2. The molecule has 0 aromatic carbocycles. The van der Waals surface area contributed by atoms with Gasteiger partial charge >= 0.3 is 0 Å². The lowest BCUT2D eigenvalue weighted by Gasteiger charge is -2.35. The topological polar surface area (TPSA) is 83.2 Å². The molecule has 0 heterocycles. The van der Waals surface area contributed by atoms with Crippen molar-refractivity contribution in [2.45, 2.75) is 52.6 Å². The predicted octanol–water partition coefficient (Wildman–Crippen LogP) is 1.08. The van der Waals surface area contributed by atoms with Crippen LogP contribution in [0.3, 0.4) is 0 Å². The molecule has 20 heavy (non-hydrogen) atoms. The van der Waals surface area contributed by atoms with Crippen molar-refractivity contribution in [3.63, 3.8) is 0 Å². The third-order valence-corrected chi connectivity index (χ3v) is 3.87. The fraction of sp³-hybridized carbons (Fsp3) is 0.857. The van der Waals surface area contributed by atoms with Gasteiger partial charge in [0, 0.05) is 39.3 Å². The molecule has 0 aliphatic rings. The predicted molar refractivity (Wildman–Crippen MR) is 88.0 cm³/mol. The molecule has 0 fully saturated rings. The smallest absolute Gasteiger partial charge is 0.191 e. The molecule has 0 rings (SSSR count). The Balaban J connectivity index is 4.87. The van der Waals surface area contributed by atoms with Crippen molar-refractivity contribution >= 4 is 11.9 Å². The van der Waals surface area contributed by atoms with Crippen LogP contribution in [0.15, 0.2) is 9.98 Å². The molecule has 2 atom stereocenters. The zero-order valence-corrected chi connectivity index (χ0v) is 13.9. The highest BCUT2D eigenvalue weighted by Crippen LogP contribution is 2.07. The molecular formula is C14H32N6. The van der Waals surface area contributed by atoms with Crippen LogP contribution in [0, 0.1) is 0 Å². The van der Waals surface area contributed by atoms with Gasteiger partial charge in [-0.25, -0.2) is 0 Å². The zero-order chi connectivity index (χ0) is 15.7. The van der Waals surface area contributed by atoms with Crippen LogP contribution in [0.2, 0.25) is 0 Å². The summed E-state index contributed by atoms with van der Waals surface area (Å²) in [6.07, 6.45) is 2.05. The summed E-state index contributed by atoms with van der Waals surface area (Å²) in [4.78, 5) is 12.5. The van der Waals surface area contributed by atoms with Crippen molar-refractivity contribution < 1.29 is 0 Å². The van der Waals surface area contributed by atoms with E-state index in [1.54, 1.807) is 14.1 Å². The number of rotatable bonds is 7. The maximum atomic E-state index is 5.99. The second kappa shape index (κ2) is 9.44. The molecule has 0 saturated heterocycles. The van der Waals surface area contributed by atoms with Gasteiger partial charge in [0.15, 0.2) is 11.9 Å². The van der Waals surface area contributed by atoms with Crippen LogP contribution in [-0.4, -0.2) is 61.0 Å². The Kier molecular flexibility index (Phi) is 8.76. The maximum Gasteiger partial charge on any atom is 0.191 e. The number of nitrogens with two attached hydrogens (primary N) is 2. The number of guanidine groups is 2. The molecule has 0 saturated carbocycles. The highest BCUT2D eigenvalue weighted by Gasteiger charge is 2.19. The summed E-state index contributed by atoms with van der Waals surface area (Å²) in [7, 11) is 3.44. The first-order chi connectivity index (χ1) is 9.42. The molecule has 0 aromatic rings. The fourth-order valence-corrected chi connectivity index (χ4v) is 2.03. The molecule has 118 valence electrons. The van der Waals surface area contributed by atoms with E-state index in [0.29, 0.717) is 24.0 Å². The quantitative estimate of drug-likeness (QED) is 0.541. The summed E-state index contributed by atoms with van der Waals surface area (Å²) in [6, 6.07) is 0.717. The van der Waals surface area contributed by atoms with Gasteiger partial charge < -0.3 is 21.3 Å². The van der Waals surface area contributed by atoms with Crippen molar-refractivity contribution in [3.8, 4) is 0 Å². The minimum Gasteiger partial charge on any atom is -0.370 e. The molecule has 4 N–H and O–H groups in total. The van der Waals surface area contributed by atoms with E-state index in [4.69, 9.17) is 11.5 Å². The van der Waals surface area contributed by atoms with Gasteiger partial charge in [-0.3, -0.25) is 9.98 Å². The van der Waals surface area contributed by atoms with Crippen molar-refractivity contribution in [2.24, 2.45) is 21.5 Å². The molecule has 0 aliphatic heterocycles. The summed E-state index contributed by atoms with van der Waals surface area (Å²) >= 11 is 0. The van der Waals surface area contributed by atoms with E-state index in [1.165, 1.54) is 0 Å². The molecule has 0 radical (unpaired) electrons. The third kappa shape index (κ3) is 5.27. The van der Waals surface area contributed by atoms with E-state index in [0.717, 1.165) is 25.9 Å². The van der Waals surface area contributed by atoms with E-state index in [-0.39, 0.29) is 0 Å². The van der Waals surface area contributed by atoms with Gasteiger partial charge in [-0.15, -0.1) is 0 Å². The van der Waals surface area contributed by atoms with Gasteiger partial charge in [0.2, 0.25) is 0 Å². The molecule has 0 spiro atoms. The van der Waals surface area contributed by atoms with E-state index < -0.39 is 0 Å². The molecule has 0 aromatic heterocycles. The van der Waals surface area contributed by atoms with Gasteiger partial charge in [-0.1, -0.05) is 13.8 Å². The zero-order valence-electron chi connectivity index (χ0n) is 13.9. The molecule has 0 aliphatic carbocycles. The lowest BCUT2D eigenvalue weighted by atomic mass is 10.2. The SMILES string of the molecule is CCC(C)N(CCN(C(N)=NC)C(C)CC)C(N)=NC. The first-order valence-electron chi connectivity index (χ1n) is 7.40. The minimum atomic E-state index is 0.359. The summed E-state index contributed by atoms with van der Waals surface area (Å²) < 4.78 is 0. The van der Waals surface area contributed by atoms with Gasteiger partial charge in [0.05, 0.1) is 0 Å².